The van der Waals surface area contributed by atoms with Crippen molar-refractivity contribution < 1.29 is 17.9 Å². The fourth-order valence-corrected chi connectivity index (χ4v) is 3.63. The highest BCUT2D eigenvalue weighted by Crippen LogP contribution is 2.30. The van der Waals surface area contributed by atoms with Gasteiger partial charge in [-0.2, -0.15) is 0 Å². The Hall–Kier alpha value is -2.05. The van der Waals surface area contributed by atoms with Gasteiger partial charge in [0.15, 0.2) is 11.5 Å². The van der Waals surface area contributed by atoms with Crippen LogP contribution in [0.1, 0.15) is 24.9 Å². The Bertz CT molecular complexity index is 744. The van der Waals surface area contributed by atoms with E-state index in [0.717, 1.165) is 5.56 Å². The van der Waals surface area contributed by atoms with E-state index in [1.54, 1.807) is 6.07 Å². The molecule has 0 heterocycles. The van der Waals surface area contributed by atoms with Crippen molar-refractivity contribution in [2.24, 2.45) is 0 Å². The second-order valence-corrected chi connectivity index (χ2v) is 6.72. The number of hydrogen-bond donors (Lipinski definition) is 1. The highest BCUT2D eigenvalue weighted by Gasteiger charge is 2.21. The summed E-state index contributed by atoms with van der Waals surface area (Å²) in [5.74, 6) is 0.865. The molecule has 0 saturated heterocycles. The number of ether oxygens (including phenoxy) is 2. The van der Waals surface area contributed by atoms with Crippen molar-refractivity contribution in [3.8, 4) is 11.5 Å². The Morgan fingerprint density at radius 3 is 2.22 bits per heavy atom. The summed E-state index contributed by atoms with van der Waals surface area (Å²) in [7, 11) is -0.683. The molecule has 2 rings (SSSR count). The predicted molar refractivity (Wildman–Crippen MR) is 89.3 cm³/mol. The van der Waals surface area contributed by atoms with Gasteiger partial charge < -0.3 is 9.47 Å². The number of sulfonamides is 1. The molecule has 0 amide bonds. The molecule has 0 fully saturated rings. The molecule has 1 N–H and O–H groups in total. The maximum Gasteiger partial charge on any atom is 0.241 e. The monoisotopic (exact) mass is 335 g/mol. The van der Waals surface area contributed by atoms with Crippen LogP contribution in [0, 0.1) is 0 Å². The van der Waals surface area contributed by atoms with E-state index in [1.807, 2.05) is 37.3 Å². The Morgan fingerprint density at radius 1 is 1.00 bits per heavy atom. The van der Waals surface area contributed by atoms with Crippen molar-refractivity contribution in [2.75, 3.05) is 14.2 Å². The number of hydrogen-bond acceptors (Lipinski definition) is 4. The molecule has 1 atom stereocenters. The molecule has 0 radical (unpaired) electrons. The molecule has 0 spiro atoms. The molecule has 0 aliphatic carbocycles. The first-order valence-corrected chi connectivity index (χ1v) is 8.79. The van der Waals surface area contributed by atoms with Gasteiger partial charge in [0, 0.05) is 12.1 Å². The molecule has 6 heteroatoms. The van der Waals surface area contributed by atoms with Crippen LogP contribution in [-0.2, 0) is 10.0 Å². The second-order valence-electron chi connectivity index (χ2n) is 5.01. The Morgan fingerprint density at radius 2 is 1.65 bits per heavy atom. The molecule has 0 aromatic heterocycles. The van der Waals surface area contributed by atoms with Crippen LogP contribution in [0.3, 0.4) is 0 Å². The lowest BCUT2D eigenvalue weighted by Gasteiger charge is -2.18. The minimum Gasteiger partial charge on any atom is -0.493 e. The standard InChI is InChI=1S/C17H21NO4S/c1-4-15(13-8-6-5-7-9-13)18-23(19,20)14-10-11-16(21-2)17(12-14)22-3/h5-12,15,18H,4H2,1-3H3/t15-/m1/s1. The van der Waals surface area contributed by atoms with Crippen LogP contribution in [0.25, 0.3) is 0 Å². The van der Waals surface area contributed by atoms with E-state index in [4.69, 9.17) is 9.47 Å². The minimum atomic E-state index is -3.66. The van der Waals surface area contributed by atoms with E-state index in [9.17, 15) is 8.42 Å². The molecular formula is C17H21NO4S. The van der Waals surface area contributed by atoms with E-state index >= 15 is 0 Å². The third kappa shape index (κ3) is 4.03. The van der Waals surface area contributed by atoms with Crippen molar-refractivity contribution in [2.45, 2.75) is 24.3 Å². The van der Waals surface area contributed by atoms with Gasteiger partial charge in [-0.1, -0.05) is 37.3 Å². The topological polar surface area (TPSA) is 64.6 Å². The molecule has 23 heavy (non-hydrogen) atoms. The van der Waals surface area contributed by atoms with Gasteiger partial charge >= 0.3 is 0 Å². The molecule has 124 valence electrons. The average molecular weight is 335 g/mol. The van der Waals surface area contributed by atoms with Crippen LogP contribution < -0.4 is 14.2 Å². The molecule has 0 unspecified atom stereocenters. The van der Waals surface area contributed by atoms with E-state index in [-0.39, 0.29) is 10.9 Å². The largest absolute Gasteiger partial charge is 0.493 e. The SMILES string of the molecule is CC[C@@H](NS(=O)(=O)c1ccc(OC)c(OC)c1)c1ccccc1. The average Bonchev–Trinajstić information content (AvgIpc) is 2.59. The predicted octanol–water partition coefficient (Wildman–Crippen LogP) is 3.13. The summed E-state index contributed by atoms with van der Waals surface area (Å²) in [5.41, 5.74) is 0.930. The normalized spacial score (nSPS) is 12.7. The summed E-state index contributed by atoms with van der Waals surface area (Å²) in [6.45, 7) is 1.94. The second kappa shape index (κ2) is 7.48. The van der Waals surface area contributed by atoms with Gasteiger partial charge in [-0.3, -0.25) is 0 Å². The van der Waals surface area contributed by atoms with Gasteiger partial charge in [0.2, 0.25) is 10.0 Å². The summed E-state index contributed by atoms with van der Waals surface area (Å²) in [4.78, 5) is 0.143. The first kappa shape index (κ1) is 17.3. The fraction of sp³-hybridized carbons (Fsp3) is 0.294. The number of nitrogens with one attached hydrogen (secondary N) is 1. The lowest BCUT2D eigenvalue weighted by atomic mass is 10.1. The van der Waals surface area contributed by atoms with E-state index in [2.05, 4.69) is 4.72 Å². The summed E-state index contributed by atoms with van der Waals surface area (Å²) in [6, 6.07) is 13.8. The highest BCUT2D eigenvalue weighted by molar-refractivity contribution is 7.89. The van der Waals surface area contributed by atoms with Gasteiger partial charge in [-0.25, -0.2) is 13.1 Å². The van der Waals surface area contributed by atoms with Crippen LogP contribution in [0.5, 0.6) is 11.5 Å². The van der Waals surface area contributed by atoms with Crippen LogP contribution in [0.15, 0.2) is 53.4 Å². The minimum absolute atomic E-state index is 0.143. The van der Waals surface area contributed by atoms with Gasteiger partial charge in [0.25, 0.3) is 0 Å². The van der Waals surface area contributed by atoms with Crippen molar-refractivity contribution in [3.05, 3.63) is 54.1 Å². The highest BCUT2D eigenvalue weighted by atomic mass is 32.2. The lowest BCUT2D eigenvalue weighted by Crippen LogP contribution is -2.28. The third-order valence-corrected chi connectivity index (χ3v) is 5.04. The first-order valence-electron chi connectivity index (χ1n) is 7.31. The Labute approximate surface area is 137 Å². The number of rotatable bonds is 7. The zero-order valence-electron chi connectivity index (χ0n) is 13.4. The van der Waals surface area contributed by atoms with Crippen LogP contribution in [-0.4, -0.2) is 22.6 Å². The van der Waals surface area contributed by atoms with Crippen molar-refractivity contribution >= 4 is 10.0 Å². The molecule has 2 aromatic carbocycles. The quantitative estimate of drug-likeness (QED) is 0.844. The smallest absolute Gasteiger partial charge is 0.241 e. The molecule has 2 aromatic rings. The van der Waals surface area contributed by atoms with E-state index in [0.29, 0.717) is 17.9 Å². The van der Waals surface area contributed by atoms with Crippen molar-refractivity contribution in [1.82, 2.24) is 4.72 Å². The Kier molecular flexibility index (Phi) is 5.63. The molecule has 0 aliphatic rings. The summed E-state index contributed by atoms with van der Waals surface area (Å²) in [5, 5.41) is 0. The number of benzene rings is 2. The third-order valence-electron chi connectivity index (χ3n) is 3.57. The maximum absolute atomic E-state index is 12.6. The van der Waals surface area contributed by atoms with E-state index < -0.39 is 10.0 Å². The Balaban J connectivity index is 2.31. The molecule has 0 saturated carbocycles. The molecular weight excluding hydrogens is 314 g/mol. The van der Waals surface area contributed by atoms with Crippen LogP contribution in [0.2, 0.25) is 0 Å². The zero-order valence-corrected chi connectivity index (χ0v) is 14.3. The zero-order chi connectivity index (χ0) is 16.9. The van der Waals surface area contributed by atoms with Gasteiger partial charge in [-0.05, 0) is 24.1 Å². The van der Waals surface area contributed by atoms with Crippen molar-refractivity contribution in [1.29, 1.82) is 0 Å². The lowest BCUT2D eigenvalue weighted by molar-refractivity contribution is 0.354. The maximum atomic E-state index is 12.6. The fourth-order valence-electron chi connectivity index (χ4n) is 2.31. The van der Waals surface area contributed by atoms with Crippen LogP contribution >= 0.6 is 0 Å². The summed E-state index contributed by atoms with van der Waals surface area (Å²) < 4.78 is 38.3. The first-order chi connectivity index (χ1) is 11.0. The molecule has 0 aliphatic heterocycles. The van der Waals surface area contributed by atoms with Gasteiger partial charge in [0.1, 0.15) is 0 Å². The van der Waals surface area contributed by atoms with Gasteiger partial charge in [-0.15, -0.1) is 0 Å². The summed E-state index contributed by atoms with van der Waals surface area (Å²) >= 11 is 0. The van der Waals surface area contributed by atoms with E-state index in [1.165, 1.54) is 26.4 Å². The molecule has 0 bridgehead atoms. The van der Waals surface area contributed by atoms with Gasteiger partial charge in [0.05, 0.1) is 19.1 Å². The number of methoxy groups -OCH3 is 2. The van der Waals surface area contributed by atoms with Crippen LogP contribution in [0.4, 0.5) is 0 Å². The summed E-state index contributed by atoms with van der Waals surface area (Å²) in [6.07, 6.45) is 0.649. The molecule has 5 nitrogen and oxygen atoms in total. The van der Waals surface area contributed by atoms with Crippen molar-refractivity contribution in [3.63, 3.8) is 0 Å².